The van der Waals surface area contributed by atoms with Crippen molar-refractivity contribution in [1.82, 2.24) is 19.9 Å². The van der Waals surface area contributed by atoms with E-state index in [4.69, 9.17) is 19.9 Å². The van der Waals surface area contributed by atoms with Gasteiger partial charge in [0, 0.05) is 89.8 Å². The lowest BCUT2D eigenvalue weighted by molar-refractivity contribution is 1.28. The number of anilines is 12. The average molecular weight is 1590 g/mol. The number of rotatable bonds is 16. The SMILES string of the molecule is c1ccc(N(c2ccccc2)c2ccc(-c3cc4ccc5cccc(ccc6cc(-c7ccc(N(c8ccccc8)c8ccccc8)cc7)c7ccc8c(-c9ccc(N(c%10ccccc%10)c%10ccccc%10)cc9)cc(ccc9cccc(ccc%10cc(-c%11ccc(N(c%12ccccc%12)c%12ccccc%12)cc%11)c%11ccc3c(n4)c%11n%10)c9)nc8c7n6)c5)cc2)cc1. The van der Waals surface area contributed by atoms with Crippen LogP contribution in [-0.2, 0) is 0 Å². The van der Waals surface area contributed by atoms with Gasteiger partial charge in [0.25, 0.3) is 0 Å². The Morgan fingerprint density at radius 2 is 0.298 bits per heavy atom. The molecule has 0 N–H and O–H groups in total. The molecule has 8 nitrogen and oxygen atoms in total. The van der Waals surface area contributed by atoms with E-state index < -0.39 is 0 Å². The zero-order valence-corrected chi connectivity index (χ0v) is 67.8. The van der Waals surface area contributed by atoms with Gasteiger partial charge < -0.3 is 19.6 Å². The van der Waals surface area contributed by atoms with Crippen LogP contribution in [0.2, 0.25) is 0 Å². The Balaban J connectivity index is 0.781. The molecule has 0 unspecified atom stereocenters. The average Bonchev–Trinajstić information content (AvgIpc) is 0.744. The Labute approximate surface area is 720 Å². The van der Waals surface area contributed by atoms with Gasteiger partial charge in [-0.05, 0) is 272 Å². The minimum absolute atomic E-state index is 0.785. The van der Waals surface area contributed by atoms with E-state index in [0.29, 0.717) is 0 Å². The molecule has 16 aromatic carbocycles. The van der Waals surface area contributed by atoms with E-state index in [0.717, 1.165) is 200 Å². The third-order valence-corrected chi connectivity index (χ3v) is 23.1. The highest BCUT2D eigenvalue weighted by molar-refractivity contribution is 6.16. The molecular formula is C116H80N8. The smallest absolute Gasteiger partial charge is 0.0978 e. The van der Waals surface area contributed by atoms with Crippen molar-refractivity contribution >= 4 is 155 Å². The first-order chi connectivity index (χ1) is 61.4. The van der Waals surface area contributed by atoms with E-state index in [1.54, 1.807) is 0 Å². The first-order valence-electron chi connectivity index (χ1n) is 42.0. The molecule has 584 valence electrons. The van der Waals surface area contributed by atoms with Crippen LogP contribution in [0.3, 0.4) is 0 Å². The van der Waals surface area contributed by atoms with Gasteiger partial charge in [-0.1, -0.05) is 279 Å². The second kappa shape index (κ2) is 33.6. The lowest BCUT2D eigenvalue weighted by Crippen LogP contribution is -2.09. The lowest BCUT2D eigenvalue weighted by Gasteiger charge is -2.25. The minimum atomic E-state index is 0.785. The first kappa shape index (κ1) is 74.8. The van der Waals surface area contributed by atoms with E-state index in [1.807, 2.05) is 0 Å². The highest BCUT2D eigenvalue weighted by Gasteiger charge is 2.22. The number of hydrogen-bond acceptors (Lipinski definition) is 8. The van der Waals surface area contributed by atoms with Gasteiger partial charge in [0.05, 0.1) is 44.1 Å². The molecule has 8 heteroatoms. The first-order valence-corrected chi connectivity index (χ1v) is 42.0. The van der Waals surface area contributed by atoms with E-state index in [1.165, 1.54) is 0 Å². The minimum Gasteiger partial charge on any atom is -0.311 e. The molecule has 0 aliphatic heterocycles. The van der Waals surface area contributed by atoms with Crippen LogP contribution in [0.1, 0.15) is 0 Å². The predicted molar refractivity (Wildman–Crippen MR) is 522 cm³/mol. The van der Waals surface area contributed by atoms with Gasteiger partial charge >= 0.3 is 0 Å². The molecule has 0 amide bonds. The van der Waals surface area contributed by atoms with E-state index in [2.05, 4.69) is 505 Å². The van der Waals surface area contributed by atoms with E-state index in [-0.39, 0.29) is 0 Å². The summed E-state index contributed by atoms with van der Waals surface area (Å²) in [7, 11) is 0. The molecule has 5 aromatic heterocycles. The summed E-state index contributed by atoms with van der Waals surface area (Å²) in [5.74, 6) is 0. The Hall–Kier alpha value is -16.7. The van der Waals surface area contributed by atoms with Crippen LogP contribution in [0.4, 0.5) is 68.2 Å². The zero-order valence-electron chi connectivity index (χ0n) is 67.8. The van der Waals surface area contributed by atoms with Crippen LogP contribution in [0, 0.1) is 0 Å². The Morgan fingerprint density at radius 1 is 0.129 bits per heavy atom. The molecule has 12 bridgehead atoms. The summed E-state index contributed by atoms with van der Waals surface area (Å²) >= 11 is 0. The molecule has 0 saturated heterocycles. The van der Waals surface area contributed by atoms with Gasteiger partial charge in [-0.25, -0.2) is 19.9 Å². The summed E-state index contributed by atoms with van der Waals surface area (Å²) in [6, 6.07) is 173. The van der Waals surface area contributed by atoms with Crippen LogP contribution in [0.25, 0.3) is 132 Å². The maximum atomic E-state index is 5.70. The second-order valence-electron chi connectivity index (χ2n) is 31.0. The van der Waals surface area contributed by atoms with Crippen molar-refractivity contribution in [3.8, 4) is 44.5 Å². The van der Waals surface area contributed by atoms with Crippen molar-refractivity contribution in [2.45, 2.75) is 0 Å². The molecule has 0 radical (unpaired) electrons. The third-order valence-electron chi connectivity index (χ3n) is 23.1. The fourth-order valence-electron chi connectivity index (χ4n) is 17.2. The van der Waals surface area contributed by atoms with E-state index in [9.17, 15) is 0 Å². The second-order valence-corrected chi connectivity index (χ2v) is 31.0. The monoisotopic (exact) mass is 1580 g/mol. The van der Waals surface area contributed by atoms with Crippen LogP contribution >= 0.6 is 0 Å². The molecular weight excluding hydrogens is 1510 g/mol. The highest BCUT2D eigenvalue weighted by Crippen LogP contribution is 2.45. The lowest BCUT2D eigenvalue weighted by atomic mass is 9.95. The fourth-order valence-corrected chi connectivity index (χ4v) is 17.2. The summed E-state index contributed by atoms with van der Waals surface area (Å²) < 4.78 is 0. The maximum absolute atomic E-state index is 5.70. The molecule has 0 fully saturated rings. The molecule has 0 aliphatic carbocycles. The van der Waals surface area contributed by atoms with Crippen LogP contribution in [0.15, 0.2) is 485 Å². The molecule has 0 spiro atoms. The van der Waals surface area contributed by atoms with Gasteiger partial charge in [-0.2, -0.15) is 0 Å². The molecule has 21 aromatic rings. The van der Waals surface area contributed by atoms with Gasteiger partial charge in [0.2, 0.25) is 0 Å². The number of benzene rings is 16. The number of fused-ring (bicyclic) bond motifs is 8. The molecule has 124 heavy (non-hydrogen) atoms. The molecule has 0 atom stereocenters. The fraction of sp³-hybridized carbons (Fsp3) is 0. The third kappa shape index (κ3) is 15.3. The van der Waals surface area contributed by atoms with Crippen molar-refractivity contribution in [3.63, 3.8) is 0 Å². The summed E-state index contributed by atoms with van der Waals surface area (Å²) in [6.45, 7) is 0. The van der Waals surface area contributed by atoms with E-state index >= 15 is 0 Å². The van der Waals surface area contributed by atoms with Gasteiger partial charge in [0.15, 0.2) is 0 Å². The normalized spacial score (nSPS) is 11.2. The van der Waals surface area contributed by atoms with Crippen LogP contribution in [0.5, 0.6) is 0 Å². The molecule has 0 aliphatic rings. The van der Waals surface area contributed by atoms with Crippen molar-refractivity contribution in [3.05, 3.63) is 485 Å². The molecule has 0 saturated carbocycles. The standard InChI is InChI=1S/C116H80N8/c1-9-31-93(32-10-1)121(94-33-11-2-12-34-94)101-63-51-85(52-64-101)109-77-89-59-47-81-27-25-28-82(75-81)49-61-91-79-111(87-55-67-103(68-56-87)123(97-39-17-5-18-40-97)98-41-19-6-20-42-98)107-73-74-108-112(88-57-69-104(70-58-88)124(99-43-21-7-22-44-99)100-45-23-8-24-46-100)80-92(120-116(108)115(107)119-91)62-50-84-30-26-29-83(76-84)48-60-90-78-110(106-72-71-105(109)113(117-89)114(106)118-90)86-53-65-102(66-54-86)122(95-35-13-3-14-36-95)96-37-15-4-16-38-96/h1-80H. The number of nitrogens with zero attached hydrogens (tertiary/aromatic N) is 8. The highest BCUT2D eigenvalue weighted by atomic mass is 15.2. The van der Waals surface area contributed by atoms with Crippen LogP contribution < -0.4 is 19.6 Å². The summed E-state index contributed by atoms with van der Waals surface area (Å²) in [5.41, 5.74) is 27.3. The largest absolute Gasteiger partial charge is 0.311 e. The van der Waals surface area contributed by atoms with Gasteiger partial charge in [-0.3, -0.25) is 0 Å². The van der Waals surface area contributed by atoms with Crippen LogP contribution in [-0.4, -0.2) is 19.9 Å². The Bertz CT molecular complexity index is 6600. The zero-order chi connectivity index (χ0) is 82.5. The predicted octanol–water partition coefficient (Wildman–Crippen LogP) is 31.9. The maximum Gasteiger partial charge on any atom is 0.0978 e. The number of hydrogen-bond donors (Lipinski definition) is 0. The number of para-hydroxylation sites is 8. The van der Waals surface area contributed by atoms with Gasteiger partial charge in [0.1, 0.15) is 0 Å². The summed E-state index contributed by atoms with van der Waals surface area (Å²) in [4.78, 5) is 32.0. The molecule has 21 rings (SSSR count). The van der Waals surface area contributed by atoms with Crippen molar-refractivity contribution in [2.24, 2.45) is 0 Å². The quantitative estimate of drug-likeness (QED) is 0.0887. The Kier molecular flexibility index (Phi) is 20.3. The molecule has 5 heterocycles. The number of aromatic nitrogens is 4. The van der Waals surface area contributed by atoms with Gasteiger partial charge in [-0.15, -0.1) is 0 Å². The topological polar surface area (TPSA) is 64.5 Å². The van der Waals surface area contributed by atoms with Crippen molar-refractivity contribution < 1.29 is 0 Å². The van der Waals surface area contributed by atoms with Crippen molar-refractivity contribution in [1.29, 1.82) is 0 Å². The summed E-state index contributed by atoms with van der Waals surface area (Å²) in [5, 5.41) is 7.95. The summed E-state index contributed by atoms with van der Waals surface area (Å²) in [6.07, 6.45) is 0. The number of pyridine rings is 4. The Morgan fingerprint density at radius 3 is 0.476 bits per heavy atom. The van der Waals surface area contributed by atoms with Crippen molar-refractivity contribution in [2.75, 3.05) is 19.6 Å².